The molecule has 0 aliphatic carbocycles. The van der Waals surface area contributed by atoms with Gasteiger partial charge >= 0.3 is 5.97 Å². The molecule has 14 amide bonds. The largest absolute Gasteiger partial charge is 0.481 e. The molecule has 5 fully saturated rings. The predicted molar refractivity (Wildman–Crippen MR) is 378 cm³/mol. The van der Waals surface area contributed by atoms with E-state index in [0.717, 1.165) is 6.92 Å². The summed E-state index contributed by atoms with van der Waals surface area (Å²) in [5, 5.41) is 60.2. The zero-order valence-corrected chi connectivity index (χ0v) is 60.5. The molecule has 36 nitrogen and oxygen atoms in total. The number of rotatable bonds is 18. The molecule has 105 heavy (non-hydrogen) atoms. The second-order valence-corrected chi connectivity index (χ2v) is 28.4. The van der Waals surface area contributed by atoms with Gasteiger partial charge in [0.05, 0.1) is 25.7 Å². The summed E-state index contributed by atoms with van der Waals surface area (Å²) in [6, 6.07) is -11.2. The number of benzene rings is 1. The summed E-state index contributed by atoms with van der Waals surface area (Å²) in [4.78, 5) is 225. The topological polar surface area (TPSA) is 549 Å². The molecule has 1 aromatic rings. The van der Waals surface area contributed by atoms with Crippen molar-refractivity contribution < 1.29 is 87.2 Å². The minimum atomic E-state index is -1.93. The molecule has 5 aliphatic rings. The molecule has 0 saturated carbocycles. The van der Waals surface area contributed by atoms with Gasteiger partial charge in [0.1, 0.15) is 78.5 Å². The third-order valence-electron chi connectivity index (χ3n) is 19.0. The number of aliphatic carboxylic acids is 1. The Morgan fingerprint density at radius 2 is 0.962 bits per heavy atom. The standard InChI is InChI=1S/C69H108N18O18/c1-37(2)31-45-61(98)77-42-19-9-10-20-44(76-57(94)41(22-13-27-73-69(71)72)75-53(90)35-74-56(93)46(34-54(91)92)80-63(100)50-23-14-28-85(50)67(104)48(82-58(42)95)33-40-17-7-6-8-18-40)60(97)84-55(39(5)89)65(102)78-43(21-11-12-26-70)59(96)83-49(36-88)62(99)81-47(32-38(3)4)66(103)87-30-16-25-52(87)68(105)86-29-15-24-51(86)64(101)79-45/h6-8,17-18,37-39,41-52,55,88-89H,9-16,19-36,70H2,1-5H3,(H,74,93)(H,75,90)(H,76,94)(H,77,98)(H,78,102)(H,79,101)(H,80,100)(H,81,99)(H,82,95)(H,83,96)(H,84,97)(H,91,92)(H4,71,72,73)/t39-,41?,42+,43+,44+,45+,46+,47?,48+,49+,50+,51+,52+,55+/m1/s1. The lowest BCUT2D eigenvalue weighted by atomic mass is 9.99. The monoisotopic (exact) mass is 1480 g/mol. The van der Waals surface area contributed by atoms with Crippen molar-refractivity contribution in [3.05, 3.63) is 35.9 Å². The molecule has 1 aromatic carbocycles. The van der Waals surface area contributed by atoms with E-state index in [9.17, 15) is 72.9 Å². The third kappa shape index (κ3) is 25.3. The summed E-state index contributed by atoms with van der Waals surface area (Å²) in [6.07, 6.45) is -2.34. The van der Waals surface area contributed by atoms with Crippen molar-refractivity contribution in [2.75, 3.05) is 45.9 Å². The van der Waals surface area contributed by atoms with Crippen LogP contribution in [0.2, 0.25) is 0 Å². The molecule has 6 rings (SSSR count). The van der Waals surface area contributed by atoms with Gasteiger partial charge in [-0.25, -0.2) is 0 Å². The molecule has 36 heteroatoms. The van der Waals surface area contributed by atoms with Crippen molar-refractivity contribution in [1.82, 2.24) is 73.2 Å². The highest BCUT2D eigenvalue weighted by Gasteiger charge is 2.46. The van der Waals surface area contributed by atoms with Crippen LogP contribution < -0.4 is 75.7 Å². The van der Waals surface area contributed by atoms with E-state index >= 15 is 14.4 Å². The fraction of sp³-hybridized carbons (Fsp3) is 0.681. The van der Waals surface area contributed by atoms with Gasteiger partial charge in [-0.05, 0) is 127 Å². The fourth-order valence-corrected chi connectivity index (χ4v) is 13.6. The van der Waals surface area contributed by atoms with E-state index in [1.165, 1.54) is 14.7 Å². The number of carboxylic acids is 1. The minimum absolute atomic E-state index is 0.000184. The van der Waals surface area contributed by atoms with Gasteiger partial charge in [-0.15, -0.1) is 0 Å². The van der Waals surface area contributed by atoms with E-state index in [1.807, 2.05) is 0 Å². The molecule has 20 N–H and O–H groups in total. The Labute approximate surface area is 609 Å². The average molecular weight is 1480 g/mol. The number of guanidine groups is 1. The number of nitrogens with zero attached hydrogens (tertiary/aromatic N) is 4. The molecular formula is C69H108N18O18. The van der Waals surface area contributed by atoms with Gasteiger partial charge in [-0.1, -0.05) is 70.9 Å². The van der Waals surface area contributed by atoms with Gasteiger partial charge in [0.25, 0.3) is 0 Å². The van der Waals surface area contributed by atoms with E-state index in [4.69, 9.17) is 17.2 Å². The summed E-state index contributed by atoms with van der Waals surface area (Å²) in [5.74, 6) is -15.4. The normalized spacial score (nSPS) is 28.0. The van der Waals surface area contributed by atoms with Crippen LogP contribution >= 0.6 is 0 Å². The van der Waals surface area contributed by atoms with E-state index < -0.39 is 193 Å². The summed E-state index contributed by atoms with van der Waals surface area (Å²) < 4.78 is 0. The second-order valence-electron chi connectivity index (χ2n) is 28.4. The smallest absolute Gasteiger partial charge is 0.305 e. The molecule has 14 atom stereocenters. The number of aliphatic imine (C=N–C) groups is 1. The highest BCUT2D eigenvalue weighted by molar-refractivity contribution is 6.01. The Kier molecular flexibility index (Phi) is 33.1. The van der Waals surface area contributed by atoms with Crippen LogP contribution in [-0.4, -0.2) is 255 Å². The van der Waals surface area contributed by atoms with E-state index in [1.54, 1.807) is 58.0 Å². The molecule has 5 heterocycles. The van der Waals surface area contributed by atoms with Crippen molar-refractivity contribution in [1.29, 1.82) is 0 Å². The number of carbonyl (C=O) groups is 15. The molecule has 5 saturated heterocycles. The summed E-state index contributed by atoms with van der Waals surface area (Å²) in [7, 11) is 0. The molecule has 2 bridgehead atoms. The first-order valence-corrected chi connectivity index (χ1v) is 36.4. The number of aliphatic hydroxyl groups is 2. The lowest BCUT2D eigenvalue weighted by Crippen LogP contribution is -2.62. The quantitative estimate of drug-likeness (QED) is 0.0371. The number of hydrogen-bond acceptors (Lipinski definition) is 19. The minimum Gasteiger partial charge on any atom is -0.481 e. The van der Waals surface area contributed by atoms with Gasteiger partial charge in [-0.2, -0.15) is 0 Å². The third-order valence-corrected chi connectivity index (χ3v) is 19.0. The molecule has 0 radical (unpaired) electrons. The Balaban J connectivity index is 1.50. The summed E-state index contributed by atoms with van der Waals surface area (Å²) in [5.41, 5.74) is 17.5. The molecule has 5 aliphatic heterocycles. The number of nitrogens with one attached hydrogen (secondary N) is 11. The number of carbonyl (C=O) groups excluding carboxylic acids is 14. The van der Waals surface area contributed by atoms with Crippen LogP contribution in [0.4, 0.5) is 0 Å². The van der Waals surface area contributed by atoms with Crippen LogP contribution in [-0.2, 0) is 78.3 Å². The van der Waals surface area contributed by atoms with Crippen molar-refractivity contribution in [2.24, 2.45) is 34.0 Å². The number of amides is 14. The van der Waals surface area contributed by atoms with Gasteiger partial charge in [-0.3, -0.25) is 76.9 Å². The van der Waals surface area contributed by atoms with Gasteiger partial charge in [0.15, 0.2) is 5.96 Å². The maximum absolute atomic E-state index is 15.3. The van der Waals surface area contributed by atoms with Crippen LogP contribution in [0.1, 0.15) is 156 Å². The predicted octanol–water partition coefficient (Wildman–Crippen LogP) is -5.12. The number of hydrogen-bond donors (Lipinski definition) is 17. The maximum Gasteiger partial charge on any atom is 0.305 e. The molecular weight excluding hydrogens is 1370 g/mol. The first kappa shape index (κ1) is 84.4. The number of nitrogens with two attached hydrogens (primary N) is 3. The number of unbranched alkanes of at least 4 members (excludes halogenated alkanes) is 1. The number of carboxylic acid groups (broad SMARTS) is 1. The summed E-state index contributed by atoms with van der Waals surface area (Å²) in [6.45, 7) is 6.55. The first-order valence-electron chi connectivity index (χ1n) is 36.4. The highest BCUT2D eigenvalue weighted by atomic mass is 16.4. The highest BCUT2D eigenvalue weighted by Crippen LogP contribution is 2.28. The number of aliphatic hydroxyl groups excluding tert-OH is 2. The second kappa shape index (κ2) is 41.2. The molecule has 0 aromatic heterocycles. The van der Waals surface area contributed by atoms with Crippen LogP contribution in [0.5, 0.6) is 0 Å². The van der Waals surface area contributed by atoms with Crippen molar-refractivity contribution in [3.63, 3.8) is 0 Å². The maximum atomic E-state index is 15.3. The lowest BCUT2D eigenvalue weighted by Gasteiger charge is -2.34. The van der Waals surface area contributed by atoms with Crippen LogP contribution in [0.25, 0.3) is 0 Å². The molecule has 0 spiro atoms. The zero-order chi connectivity index (χ0) is 77.2. The molecule has 582 valence electrons. The molecule has 2 unspecified atom stereocenters. The Morgan fingerprint density at radius 3 is 1.52 bits per heavy atom. The fourth-order valence-electron chi connectivity index (χ4n) is 13.6. The Hall–Kier alpha value is -9.58. The Bertz CT molecular complexity index is 3280. The van der Waals surface area contributed by atoms with Crippen LogP contribution in [0.3, 0.4) is 0 Å². The van der Waals surface area contributed by atoms with Gasteiger partial charge in [0, 0.05) is 32.6 Å². The van der Waals surface area contributed by atoms with E-state index in [2.05, 4.69) is 63.5 Å². The van der Waals surface area contributed by atoms with Crippen LogP contribution in [0.15, 0.2) is 35.3 Å². The Morgan fingerprint density at radius 1 is 0.495 bits per heavy atom. The van der Waals surface area contributed by atoms with Gasteiger partial charge < -0.3 is 106 Å². The number of fused-ring (bicyclic) bond motifs is 8. The van der Waals surface area contributed by atoms with Crippen molar-refractivity contribution in [3.8, 4) is 0 Å². The van der Waals surface area contributed by atoms with E-state index in [0.29, 0.717) is 24.8 Å². The summed E-state index contributed by atoms with van der Waals surface area (Å²) >= 11 is 0. The van der Waals surface area contributed by atoms with Crippen molar-refractivity contribution in [2.45, 2.75) is 241 Å². The van der Waals surface area contributed by atoms with Crippen LogP contribution in [0, 0.1) is 11.8 Å². The van der Waals surface area contributed by atoms with E-state index in [-0.39, 0.29) is 147 Å². The average Bonchev–Trinajstić information content (AvgIpc) is 1.65. The SMILES string of the molecule is CC(C)CC1NC(=O)[C@H](CO)NC(=O)[C@H](CCCCN)NC(=O)[C@H]([C@@H](C)O)NC(=O)[C@@H]2CCCC[C@H](NC(=O)[C@H](CC(C)C)NC(=O)[C@@H]3CCCN3C(=O)[C@@H]3CCCN3C1=O)C(=O)N[C@@H](Cc1ccccc1)C(=O)N1CCC[C@H]1C(=O)N[C@@H](CC(=O)O)C(=O)NCC(=O)NC(CCCN=C(N)N)C(=O)N2. The first-order chi connectivity index (χ1) is 49.9. The lowest BCUT2D eigenvalue weighted by molar-refractivity contribution is -0.148. The van der Waals surface area contributed by atoms with Crippen molar-refractivity contribution >= 4 is 94.6 Å². The zero-order valence-electron chi connectivity index (χ0n) is 60.5. The van der Waals surface area contributed by atoms with Gasteiger partial charge in [0.2, 0.25) is 82.7 Å².